The molecule has 6 nitrogen and oxygen atoms in total. The van der Waals surface area contributed by atoms with Crippen molar-refractivity contribution in [1.29, 1.82) is 0 Å². The van der Waals surface area contributed by atoms with E-state index in [1.165, 1.54) is 7.11 Å². The second kappa shape index (κ2) is 6.83. The van der Waals surface area contributed by atoms with Crippen molar-refractivity contribution in [1.82, 2.24) is 5.32 Å². The molecule has 1 aliphatic heterocycles. The maximum atomic E-state index is 11.6. The molecule has 0 amide bonds. The van der Waals surface area contributed by atoms with Crippen molar-refractivity contribution in [2.75, 3.05) is 43.3 Å². The van der Waals surface area contributed by atoms with Gasteiger partial charge in [0.05, 0.1) is 23.0 Å². The topological polar surface area (TPSA) is 89.5 Å². The van der Waals surface area contributed by atoms with Crippen LogP contribution in [-0.4, -0.2) is 66.2 Å². The smallest absolute Gasteiger partial charge is 0.151 e. The molecule has 1 N–H and O–H groups in total. The van der Waals surface area contributed by atoms with Crippen molar-refractivity contribution in [3.05, 3.63) is 0 Å². The van der Waals surface area contributed by atoms with Crippen molar-refractivity contribution in [2.24, 2.45) is 0 Å². The van der Waals surface area contributed by atoms with Gasteiger partial charge >= 0.3 is 0 Å². The van der Waals surface area contributed by atoms with Gasteiger partial charge in [-0.1, -0.05) is 0 Å². The Morgan fingerprint density at radius 3 is 2.61 bits per heavy atom. The lowest BCUT2D eigenvalue weighted by Gasteiger charge is -2.10. The lowest BCUT2D eigenvalue weighted by Crippen LogP contribution is -2.34. The molecule has 1 unspecified atom stereocenters. The maximum Gasteiger partial charge on any atom is 0.151 e. The molecule has 108 valence electrons. The van der Waals surface area contributed by atoms with E-state index in [9.17, 15) is 16.8 Å². The Balaban J connectivity index is 2.21. The van der Waals surface area contributed by atoms with Gasteiger partial charge in [0, 0.05) is 26.3 Å². The second-order valence-electron chi connectivity index (χ2n) is 4.55. The molecule has 0 radical (unpaired) electrons. The molecule has 0 saturated carbocycles. The van der Waals surface area contributed by atoms with Crippen LogP contribution in [0.4, 0.5) is 0 Å². The number of methoxy groups -OCH3 is 1. The van der Waals surface area contributed by atoms with Crippen LogP contribution < -0.4 is 5.32 Å². The fourth-order valence-electron chi connectivity index (χ4n) is 1.90. The average Bonchev–Trinajstić information content (AvgIpc) is 2.58. The van der Waals surface area contributed by atoms with Crippen LogP contribution in [0.15, 0.2) is 0 Å². The summed E-state index contributed by atoms with van der Waals surface area (Å²) in [7, 11) is -4.44. The van der Waals surface area contributed by atoms with Gasteiger partial charge in [0.25, 0.3) is 0 Å². The van der Waals surface area contributed by atoms with Gasteiger partial charge in [0.1, 0.15) is 0 Å². The van der Waals surface area contributed by atoms with Gasteiger partial charge in [0.2, 0.25) is 0 Å². The third-order valence-corrected chi connectivity index (χ3v) is 6.39. The lowest BCUT2D eigenvalue weighted by atomic mass is 10.3. The number of sulfone groups is 2. The molecule has 0 bridgehead atoms. The van der Waals surface area contributed by atoms with Gasteiger partial charge in [-0.3, -0.25) is 0 Å². The standard InChI is InChI=1S/C10H21NO5S2/c1-16-5-2-6-17(12,13)8-4-11-10-3-7-18(14,15)9-10/h10-11H,2-9H2,1H3. The SMILES string of the molecule is COCCCS(=O)(=O)CCNC1CCS(=O)(=O)C1. The Hall–Kier alpha value is -0.180. The van der Waals surface area contributed by atoms with Crippen molar-refractivity contribution < 1.29 is 21.6 Å². The van der Waals surface area contributed by atoms with Crippen molar-refractivity contribution in [2.45, 2.75) is 18.9 Å². The fourth-order valence-corrected chi connectivity index (χ4v) is 4.80. The first-order valence-corrected chi connectivity index (χ1v) is 9.62. The molecule has 0 aromatic heterocycles. The molecule has 1 heterocycles. The summed E-state index contributed by atoms with van der Waals surface area (Å²) in [6.07, 6.45) is 1.07. The monoisotopic (exact) mass is 299 g/mol. The number of hydrogen-bond acceptors (Lipinski definition) is 6. The van der Waals surface area contributed by atoms with Gasteiger partial charge in [-0.05, 0) is 12.8 Å². The van der Waals surface area contributed by atoms with Gasteiger partial charge in [-0.15, -0.1) is 0 Å². The summed E-state index contributed by atoms with van der Waals surface area (Å²) < 4.78 is 50.4. The zero-order valence-corrected chi connectivity index (χ0v) is 12.2. The van der Waals surface area contributed by atoms with E-state index in [-0.39, 0.29) is 29.1 Å². The highest BCUT2D eigenvalue weighted by Gasteiger charge is 2.27. The Kier molecular flexibility index (Phi) is 6.03. The summed E-state index contributed by atoms with van der Waals surface area (Å²) in [5, 5.41) is 2.99. The van der Waals surface area contributed by atoms with Gasteiger partial charge in [-0.25, -0.2) is 16.8 Å². The minimum absolute atomic E-state index is 0.0489. The summed E-state index contributed by atoms with van der Waals surface area (Å²) in [6, 6.07) is -0.0934. The number of nitrogens with one attached hydrogen (secondary N) is 1. The van der Waals surface area contributed by atoms with E-state index < -0.39 is 19.7 Å². The van der Waals surface area contributed by atoms with Crippen LogP contribution in [-0.2, 0) is 24.4 Å². The quantitative estimate of drug-likeness (QED) is 0.591. The molecule has 1 aliphatic rings. The third kappa shape index (κ3) is 6.12. The molecule has 0 aliphatic carbocycles. The zero-order chi connectivity index (χ0) is 13.6. The first-order valence-electron chi connectivity index (χ1n) is 5.98. The summed E-state index contributed by atoms with van der Waals surface area (Å²) in [5.74, 6) is 0.487. The Morgan fingerprint density at radius 1 is 1.33 bits per heavy atom. The summed E-state index contributed by atoms with van der Waals surface area (Å²) >= 11 is 0. The highest BCUT2D eigenvalue weighted by molar-refractivity contribution is 7.91. The van der Waals surface area contributed by atoms with Crippen LogP contribution in [0, 0.1) is 0 Å². The number of rotatable bonds is 8. The molecule has 1 rings (SSSR count). The van der Waals surface area contributed by atoms with Crippen molar-refractivity contribution >= 4 is 19.7 Å². The molecule has 1 saturated heterocycles. The Labute approximate surface area is 109 Å². The molecule has 0 aromatic carbocycles. The van der Waals surface area contributed by atoms with Crippen LogP contribution in [0.2, 0.25) is 0 Å². The van der Waals surface area contributed by atoms with Crippen LogP contribution in [0.5, 0.6) is 0 Å². The first-order chi connectivity index (χ1) is 8.35. The minimum Gasteiger partial charge on any atom is -0.385 e. The van der Waals surface area contributed by atoms with Gasteiger partial charge in [-0.2, -0.15) is 0 Å². The first kappa shape index (κ1) is 15.9. The van der Waals surface area contributed by atoms with E-state index in [4.69, 9.17) is 4.74 Å². The molecule has 0 aromatic rings. The normalized spacial score (nSPS) is 23.3. The van der Waals surface area contributed by atoms with Crippen LogP contribution >= 0.6 is 0 Å². The summed E-state index contributed by atoms with van der Waals surface area (Å²) in [5.41, 5.74) is 0. The summed E-state index contributed by atoms with van der Waals surface area (Å²) in [6.45, 7) is 0.753. The van der Waals surface area contributed by atoms with Gasteiger partial charge < -0.3 is 10.1 Å². The van der Waals surface area contributed by atoms with Gasteiger partial charge in [0.15, 0.2) is 19.7 Å². The average molecular weight is 299 g/mol. The van der Waals surface area contributed by atoms with E-state index in [0.29, 0.717) is 26.0 Å². The van der Waals surface area contributed by atoms with Crippen molar-refractivity contribution in [3.63, 3.8) is 0 Å². The zero-order valence-electron chi connectivity index (χ0n) is 10.6. The van der Waals surface area contributed by atoms with E-state index in [1.807, 2.05) is 0 Å². The number of hydrogen-bond donors (Lipinski definition) is 1. The van der Waals surface area contributed by atoms with E-state index >= 15 is 0 Å². The molecule has 1 fully saturated rings. The molecule has 8 heteroatoms. The minimum atomic E-state index is -3.07. The molecular formula is C10H21NO5S2. The van der Waals surface area contributed by atoms with Crippen LogP contribution in [0.1, 0.15) is 12.8 Å². The fraction of sp³-hybridized carbons (Fsp3) is 1.00. The molecular weight excluding hydrogens is 278 g/mol. The Bertz CT molecular complexity index is 443. The van der Waals surface area contributed by atoms with Crippen LogP contribution in [0.3, 0.4) is 0 Å². The second-order valence-corrected chi connectivity index (χ2v) is 9.08. The van der Waals surface area contributed by atoms with E-state index in [1.54, 1.807) is 0 Å². The molecule has 18 heavy (non-hydrogen) atoms. The maximum absolute atomic E-state index is 11.6. The molecule has 0 spiro atoms. The predicted molar refractivity (Wildman–Crippen MR) is 70.2 cm³/mol. The number of ether oxygens (including phenoxy) is 1. The van der Waals surface area contributed by atoms with Crippen molar-refractivity contribution in [3.8, 4) is 0 Å². The molecule has 1 atom stereocenters. The van der Waals surface area contributed by atoms with E-state index in [0.717, 1.165) is 0 Å². The highest BCUT2D eigenvalue weighted by Crippen LogP contribution is 2.10. The predicted octanol–water partition coefficient (Wildman–Crippen LogP) is -0.786. The highest BCUT2D eigenvalue weighted by atomic mass is 32.2. The lowest BCUT2D eigenvalue weighted by molar-refractivity contribution is 0.199. The van der Waals surface area contributed by atoms with Crippen LogP contribution in [0.25, 0.3) is 0 Å². The summed E-state index contributed by atoms with van der Waals surface area (Å²) in [4.78, 5) is 0. The third-order valence-electron chi connectivity index (χ3n) is 2.88. The Morgan fingerprint density at radius 2 is 2.06 bits per heavy atom. The van der Waals surface area contributed by atoms with E-state index in [2.05, 4.69) is 5.32 Å². The largest absolute Gasteiger partial charge is 0.385 e.